The molecule has 0 bridgehead atoms. The van der Waals surface area contributed by atoms with Crippen molar-refractivity contribution >= 4 is 20.2 Å². The molecule has 0 aromatic carbocycles. The zero-order chi connectivity index (χ0) is 23.6. The van der Waals surface area contributed by atoms with Gasteiger partial charge < -0.3 is 9.47 Å². The van der Waals surface area contributed by atoms with Gasteiger partial charge in [0.1, 0.15) is 0 Å². The van der Waals surface area contributed by atoms with Gasteiger partial charge in [0.2, 0.25) is 0 Å². The van der Waals surface area contributed by atoms with Gasteiger partial charge in [0, 0.05) is 13.0 Å². The van der Waals surface area contributed by atoms with Gasteiger partial charge in [-0.15, -0.1) is 0 Å². The fourth-order valence-corrected chi connectivity index (χ4v) is 6.00. The normalized spacial score (nSPS) is 29.4. The highest BCUT2D eigenvalue weighted by Gasteiger charge is 2.46. The number of hydrogen-bond donors (Lipinski definition) is 0. The molecule has 1 heterocycles. The molecule has 0 spiro atoms. The Morgan fingerprint density at radius 1 is 0.844 bits per heavy atom. The van der Waals surface area contributed by atoms with Crippen LogP contribution in [0.1, 0.15) is 84.0 Å². The highest BCUT2D eigenvalue weighted by atomic mass is 32.2. The van der Waals surface area contributed by atoms with Crippen molar-refractivity contribution in [3.8, 4) is 0 Å². The van der Waals surface area contributed by atoms with Gasteiger partial charge in [-0.2, -0.15) is 16.8 Å². The van der Waals surface area contributed by atoms with Crippen LogP contribution in [0.2, 0.25) is 0 Å². The van der Waals surface area contributed by atoms with E-state index in [0.717, 1.165) is 51.0 Å². The number of rotatable bonds is 15. The van der Waals surface area contributed by atoms with E-state index in [9.17, 15) is 16.8 Å². The highest BCUT2D eigenvalue weighted by Crippen LogP contribution is 2.43. The van der Waals surface area contributed by atoms with E-state index in [1.807, 2.05) is 0 Å². The van der Waals surface area contributed by atoms with Crippen LogP contribution >= 0.6 is 0 Å². The maximum Gasteiger partial charge on any atom is 0.264 e. The van der Waals surface area contributed by atoms with E-state index >= 15 is 0 Å². The predicted molar refractivity (Wildman–Crippen MR) is 123 cm³/mol. The SMILES string of the molecule is CCCCCCCC[C@@H]1[C@@H](CCOS(C)(=O)=O)[C@H](OS(C)(=O)=O)C[C@H]1OC1CCCCO1. The lowest BCUT2D eigenvalue weighted by atomic mass is 9.86. The summed E-state index contributed by atoms with van der Waals surface area (Å²) in [6.07, 6.45) is 12.7. The van der Waals surface area contributed by atoms with Crippen LogP contribution in [0.5, 0.6) is 0 Å². The second kappa shape index (κ2) is 13.6. The Morgan fingerprint density at radius 2 is 1.53 bits per heavy atom. The lowest BCUT2D eigenvalue weighted by Crippen LogP contribution is -2.31. The molecule has 32 heavy (non-hydrogen) atoms. The molecule has 1 unspecified atom stereocenters. The standard InChI is InChI=1S/C22H42O8S2/c1-4-5-6-7-8-9-12-18-19(14-16-28-31(2,23)24)21(30-32(3,25)26)17-20(18)29-22-13-10-11-15-27-22/h18-22H,4-17H2,1-3H3/t18-,19-,20-,21-,22?/m1/s1. The largest absolute Gasteiger partial charge is 0.353 e. The zero-order valence-electron chi connectivity index (χ0n) is 19.9. The van der Waals surface area contributed by atoms with E-state index in [1.54, 1.807) is 0 Å². The maximum atomic E-state index is 11.9. The van der Waals surface area contributed by atoms with E-state index in [1.165, 1.54) is 25.7 Å². The number of unbranched alkanes of at least 4 members (excludes halogenated alkanes) is 5. The first-order valence-corrected chi connectivity index (χ1v) is 15.7. The number of hydrogen-bond acceptors (Lipinski definition) is 8. The summed E-state index contributed by atoms with van der Waals surface area (Å²) in [4.78, 5) is 0. The molecule has 1 aliphatic carbocycles. The lowest BCUT2D eigenvalue weighted by molar-refractivity contribution is -0.196. The Bertz CT molecular complexity index is 731. The van der Waals surface area contributed by atoms with Crippen molar-refractivity contribution in [3.05, 3.63) is 0 Å². The third-order valence-electron chi connectivity index (χ3n) is 6.37. The van der Waals surface area contributed by atoms with Gasteiger partial charge in [0.15, 0.2) is 6.29 Å². The highest BCUT2D eigenvalue weighted by molar-refractivity contribution is 7.86. The molecule has 0 amide bonds. The molecular formula is C22H42O8S2. The molecule has 1 saturated heterocycles. The average Bonchev–Trinajstić information content (AvgIpc) is 2.99. The van der Waals surface area contributed by atoms with Crippen LogP contribution in [0, 0.1) is 11.8 Å². The molecule has 10 heteroatoms. The molecule has 190 valence electrons. The Kier molecular flexibility index (Phi) is 11.9. The average molecular weight is 499 g/mol. The first-order valence-electron chi connectivity index (χ1n) is 12.1. The third-order valence-corrected chi connectivity index (χ3v) is 7.56. The molecule has 1 saturated carbocycles. The van der Waals surface area contributed by atoms with Crippen molar-refractivity contribution in [2.24, 2.45) is 11.8 Å². The van der Waals surface area contributed by atoms with Gasteiger partial charge >= 0.3 is 0 Å². The fraction of sp³-hybridized carbons (Fsp3) is 1.00. The van der Waals surface area contributed by atoms with Crippen molar-refractivity contribution in [3.63, 3.8) is 0 Å². The van der Waals surface area contributed by atoms with E-state index in [2.05, 4.69) is 6.92 Å². The zero-order valence-corrected chi connectivity index (χ0v) is 21.5. The molecule has 2 fully saturated rings. The molecular weight excluding hydrogens is 456 g/mol. The topological polar surface area (TPSA) is 105 Å². The molecule has 2 aliphatic rings. The van der Waals surface area contributed by atoms with Crippen LogP contribution in [0.15, 0.2) is 0 Å². The maximum absolute atomic E-state index is 11.9. The summed E-state index contributed by atoms with van der Waals surface area (Å²) in [5.41, 5.74) is 0. The number of ether oxygens (including phenoxy) is 2. The van der Waals surface area contributed by atoms with Crippen LogP contribution in [0.3, 0.4) is 0 Å². The van der Waals surface area contributed by atoms with Gasteiger partial charge in [-0.1, -0.05) is 45.4 Å². The van der Waals surface area contributed by atoms with Crippen LogP contribution in [0.25, 0.3) is 0 Å². The summed E-state index contributed by atoms with van der Waals surface area (Å²) in [7, 11) is -7.22. The van der Waals surface area contributed by atoms with Crippen LogP contribution in [-0.4, -0.2) is 61.1 Å². The second-order valence-corrected chi connectivity index (χ2v) is 12.5. The molecule has 0 aromatic heterocycles. The van der Waals surface area contributed by atoms with Crippen molar-refractivity contribution in [1.82, 2.24) is 0 Å². The molecule has 8 nitrogen and oxygen atoms in total. The van der Waals surface area contributed by atoms with Crippen molar-refractivity contribution in [1.29, 1.82) is 0 Å². The Labute approximate surface area is 195 Å². The summed E-state index contributed by atoms with van der Waals surface area (Å²) >= 11 is 0. The van der Waals surface area contributed by atoms with Crippen LogP contribution in [0.4, 0.5) is 0 Å². The van der Waals surface area contributed by atoms with E-state index < -0.39 is 26.3 Å². The summed E-state index contributed by atoms with van der Waals surface area (Å²) in [5, 5.41) is 0. The van der Waals surface area contributed by atoms with E-state index in [4.69, 9.17) is 17.8 Å². The van der Waals surface area contributed by atoms with Crippen LogP contribution in [-0.2, 0) is 38.1 Å². The van der Waals surface area contributed by atoms with Gasteiger partial charge in [-0.05, 0) is 43.9 Å². The summed E-state index contributed by atoms with van der Waals surface area (Å²) < 4.78 is 69.2. The predicted octanol–water partition coefficient (Wildman–Crippen LogP) is 4.00. The summed E-state index contributed by atoms with van der Waals surface area (Å²) in [5.74, 6) is -0.0858. The Morgan fingerprint density at radius 3 is 2.16 bits per heavy atom. The monoisotopic (exact) mass is 498 g/mol. The van der Waals surface area contributed by atoms with E-state index in [-0.39, 0.29) is 30.8 Å². The van der Waals surface area contributed by atoms with Crippen molar-refractivity contribution in [2.75, 3.05) is 25.7 Å². The van der Waals surface area contributed by atoms with E-state index in [0.29, 0.717) is 19.4 Å². The second-order valence-electron chi connectivity index (χ2n) is 9.24. The van der Waals surface area contributed by atoms with Crippen molar-refractivity contribution in [2.45, 2.75) is 102 Å². The molecule has 0 N–H and O–H groups in total. The fourth-order valence-electron chi connectivity index (χ4n) is 4.93. The minimum absolute atomic E-state index is 0.00672. The van der Waals surface area contributed by atoms with Gasteiger partial charge in [0.05, 0.1) is 31.3 Å². The first kappa shape index (κ1) is 28.0. The quantitative estimate of drug-likeness (QED) is 0.246. The minimum atomic E-state index is -3.66. The van der Waals surface area contributed by atoms with Gasteiger partial charge in [-0.3, -0.25) is 8.37 Å². The van der Waals surface area contributed by atoms with Crippen molar-refractivity contribution < 1.29 is 34.7 Å². The summed E-state index contributed by atoms with van der Waals surface area (Å²) in [6.45, 7) is 2.88. The molecule has 2 rings (SSSR count). The third kappa shape index (κ3) is 10.8. The van der Waals surface area contributed by atoms with Crippen LogP contribution < -0.4 is 0 Å². The minimum Gasteiger partial charge on any atom is -0.353 e. The summed E-state index contributed by atoms with van der Waals surface area (Å²) in [6, 6.07) is 0. The van der Waals surface area contributed by atoms with Gasteiger partial charge in [0.25, 0.3) is 20.2 Å². The molecule has 0 aromatic rings. The first-order chi connectivity index (χ1) is 15.1. The molecule has 5 atom stereocenters. The lowest BCUT2D eigenvalue weighted by Gasteiger charge is -2.30. The van der Waals surface area contributed by atoms with Gasteiger partial charge in [-0.25, -0.2) is 0 Å². The smallest absolute Gasteiger partial charge is 0.264 e. The molecule has 1 aliphatic heterocycles. The molecule has 0 radical (unpaired) electrons. The Balaban J connectivity index is 2.08. The Hall–Kier alpha value is -0.260.